The highest BCUT2D eigenvalue weighted by molar-refractivity contribution is 5.22. The molecule has 0 fully saturated rings. The Morgan fingerprint density at radius 3 is 2.33 bits per heavy atom. The number of hydrogen-bond acceptors (Lipinski definition) is 2. The summed E-state index contributed by atoms with van der Waals surface area (Å²) < 4.78 is 2.04. The van der Waals surface area contributed by atoms with Gasteiger partial charge in [0, 0.05) is 12.6 Å². The highest BCUT2D eigenvalue weighted by Gasteiger charge is 2.12. The molecule has 0 amide bonds. The van der Waals surface area contributed by atoms with Gasteiger partial charge < -0.3 is 5.11 Å². The van der Waals surface area contributed by atoms with E-state index in [4.69, 9.17) is 0 Å². The molecule has 114 valence electrons. The summed E-state index contributed by atoms with van der Waals surface area (Å²) in [5.74, 6) is 0. The smallest absolute Gasteiger partial charge is 0.0650 e. The molecule has 3 nitrogen and oxygen atoms in total. The molecule has 0 aliphatic heterocycles. The highest BCUT2D eigenvalue weighted by Crippen LogP contribution is 2.15. The number of nitrogens with zero attached hydrogens (tertiary/aromatic N) is 2. The van der Waals surface area contributed by atoms with E-state index in [0.717, 1.165) is 18.5 Å². The van der Waals surface area contributed by atoms with E-state index < -0.39 is 0 Å². The van der Waals surface area contributed by atoms with Crippen LogP contribution in [0.25, 0.3) is 0 Å². The molecule has 3 heteroatoms. The van der Waals surface area contributed by atoms with Gasteiger partial charge in [0.05, 0.1) is 17.8 Å². The molecule has 1 N–H and O–H groups in total. The third-order valence-corrected chi connectivity index (χ3v) is 4.02. The first-order valence-electron chi connectivity index (χ1n) is 7.90. The van der Waals surface area contributed by atoms with Crippen LogP contribution in [-0.4, -0.2) is 21.0 Å². The normalized spacial score (nSPS) is 12.8. The van der Waals surface area contributed by atoms with Gasteiger partial charge in [0.2, 0.25) is 0 Å². The Morgan fingerprint density at radius 1 is 1.05 bits per heavy atom. The number of aliphatic hydroxyl groups is 1. The van der Waals surface area contributed by atoms with E-state index in [0.29, 0.717) is 18.9 Å². The molecule has 1 heterocycles. The second-order valence-corrected chi connectivity index (χ2v) is 5.81. The number of aromatic nitrogens is 2. The average molecular weight is 286 g/mol. The summed E-state index contributed by atoms with van der Waals surface area (Å²) in [4.78, 5) is 0. The minimum atomic E-state index is -0.377. The van der Waals surface area contributed by atoms with Crippen LogP contribution >= 0.6 is 0 Å². The fourth-order valence-corrected chi connectivity index (χ4v) is 2.66. The van der Waals surface area contributed by atoms with Gasteiger partial charge in [-0.25, -0.2) is 0 Å². The molecular formula is C18H26N2O. The van der Waals surface area contributed by atoms with Crippen LogP contribution < -0.4 is 0 Å². The molecule has 0 spiro atoms. The second kappa shape index (κ2) is 7.41. The topological polar surface area (TPSA) is 38.0 Å². The molecule has 1 aromatic heterocycles. The average Bonchev–Trinajstić information content (AvgIpc) is 2.91. The quantitative estimate of drug-likeness (QED) is 0.843. The van der Waals surface area contributed by atoms with E-state index >= 15 is 0 Å². The first-order valence-corrected chi connectivity index (χ1v) is 7.90. The molecule has 21 heavy (non-hydrogen) atoms. The summed E-state index contributed by atoms with van der Waals surface area (Å²) in [6.07, 6.45) is 5.12. The SMILES string of the molecule is CCC(CC)n1ccc(CC(O)Cc2ccc(C)cc2)n1. The van der Waals surface area contributed by atoms with Crippen molar-refractivity contribution in [3.63, 3.8) is 0 Å². The van der Waals surface area contributed by atoms with Gasteiger partial charge in [0.15, 0.2) is 0 Å². The molecule has 0 bridgehead atoms. The number of aryl methyl sites for hydroxylation is 1. The lowest BCUT2D eigenvalue weighted by molar-refractivity contribution is 0.173. The van der Waals surface area contributed by atoms with Crippen molar-refractivity contribution < 1.29 is 5.11 Å². The van der Waals surface area contributed by atoms with Crippen LogP contribution in [0.5, 0.6) is 0 Å². The zero-order valence-electron chi connectivity index (χ0n) is 13.3. The van der Waals surface area contributed by atoms with Crippen LogP contribution in [0.4, 0.5) is 0 Å². The van der Waals surface area contributed by atoms with Gasteiger partial charge in [-0.2, -0.15) is 5.10 Å². The van der Waals surface area contributed by atoms with E-state index in [-0.39, 0.29) is 6.10 Å². The number of hydrogen-bond donors (Lipinski definition) is 1. The second-order valence-electron chi connectivity index (χ2n) is 5.81. The van der Waals surface area contributed by atoms with Crippen molar-refractivity contribution in [1.29, 1.82) is 0 Å². The largest absolute Gasteiger partial charge is 0.392 e. The monoisotopic (exact) mass is 286 g/mol. The van der Waals surface area contributed by atoms with Crippen molar-refractivity contribution in [2.45, 2.75) is 58.6 Å². The lowest BCUT2D eigenvalue weighted by Crippen LogP contribution is -2.15. The maximum atomic E-state index is 10.2. The summed E-state index contributed by atoms with van der Waals surface area (Å²) in [6.45, 7) is 6.44. The third-order valence-electron chi connectivity index (χ3n) is 4.02. The molecule has 0 saturated carbocycles. The van der Waals surface area contributed by atoms with E-state index in [2.05, 4.69) is 50.1 Å². The van der Waals surface area contributed by atoms with Crippen molar-refractivity contribution in [1.82, 2.24) is 9.78 Å². The summed E-state index contributed by atoms with van der Waals surface area (Å²) in [6, 6.07) is 10.8. The van der Waals surface area contributed by atoms with Crippen molar-refractivity contribution in [3.05, 3.63) is 53.3 Å². The molecule has 0 radical (unpaired) electrons. The number of benzene rings is 1. The van der Waals surface area contributed by atoms with Crippen LogP contribution in [0.1, 0.15) is 49.6 Å². The zero-order valence-corrected chi connectivity index (χ0v) is 13.3. The van der Waals surface area contributed by atoms with E-state index in [1.165, 1.54) is 11.1 Å². The lowest BCUT2D eigenvalue weighted by Gasteiger charge is -2.13. The van der Waals surface area contributed by atoms with Crippen molar-refractivity contribution in [3.8, 4) is 0 Å². The molecule has 2 aromatic rings. The van der Waals surface area contributed by atoms with Crippen LogP contribution in [-0.2, 0) is 12.8 Å². The van der Waals surface area contributed by atoms with Gasteiger partial charge in [0.25, 0.3) is 0 Å². The highest BCUT2D eigenvalue weighted by atomic mass is 16.3. The lowest BCUT2D eigenvalue weighted by atomic mass is 10.0. The summed E-state index contributed by atoms with van der Waals surface area (Å²) in [5.41, 5.74) is 3.39. The molecule has 1 aromatic carbocycles. The molecule has 1 unspecified atom stereocenters. The summed E-state index contributed by atoms with van der Waals surface area (Å²) in [7, 11) is 0. The predicted octanol–water partition coefficient (Wildman–Crippen LogP) is 3.70. The van der Waals surface area contributed by atoms with Crippen molar-refractivity contribution in [2.24, 2.45) is 0 Å². The van der Waals surface area contributed by atoms with Crippen LogP contribution in [0.15, 0.2) is 36.5 Å². The Morgan fingerprint density at radius 2 is 1.71 bits per heavy atom. The Kier molecular flexibility index (Phi) is 5.57. The van der Waals surface area contributed by atoms with Crippen LogP contribution in [0, 0.1) is 6.92 Å². The van der Waals surface area contributed by atoms with Crippen LogP contribution in [0.2, 0.25) is 0 Å². The molecule has 0 aliphatic rings. The Bertz CT molecular complexity index is 541. The third kappa shape index (κ3) is 4.43. The Balaban J connectivity index is 1.93. The predicted molar refractivity (Wildman–Crippen MR) is 86.4 cm³/mol. The van der Waals surface area contributed by atoms with Crippen LogP contribution in [0.3, 0.4) is 0 Å². The molecule has 0 saturated heterocycles. The standard InChI is InChI=1S/C18H26N2O/c1-4-17(5-2)20-11-10-16(19-20)13-18(21)12-15-8-6-14(3)7-9-15/h6-11,17-18,21H,4-5,12-13H2,1-3H3. The van der Waals surface area contributed by atoms with Gasteiger partial charge in [-0.1, -0.05) is 43.7 Å². The van der Waals surface area contributed by atoms with Gasteiger partial charge in [-0.3, -0.25) is 4.68 Å². The minimum absolute atomic E-state index is 0.377. The maximum absolute atomic E-state index is 10.2. The van der Waals surface area contributed by atoms with E-state index in [1.807, 2.05) is 16.9 Å². The van der Waals surface area contributed by atoms with E-state index in [1.54, 1.807) is 0 Å². The maximum Gasteiger partial charge on any atom is 0.0650 e. The fraction of sp³-hybridized carbons (Fsp3) is 0.500. The number of rotatable bonds is 7. The summed E-state index contributed by atoms with van der Waals surface area (Å²) >= 11 is 0. The molecule has 0 aliphatic carbocycles. The first kappa shape index (κ1) is 15.8. The Labute approximate surface area is 127 Å². The van der Waals surface area contributed by atoms with Gasteiger partial charge in [0.1, 0.15) is 0 Å². The fourth-order valence-electron chi connectivity index (χ4n) is 2.66. The number of aliphatic hydroxyl groups excluding tert-OH is 1. The minimum Gasteiger partial charge on any atom is -0.392 e. The van der Waals surface area contributed by atoms with Crippen molar-refractivity contribution in [2.75, 3.05) is 0 Å². The van der Waals surface area contributed by atoms with E-state index in [9.17, 15) is 5.11 Å². The zero-order chi connectivity index (χ0) is 15.2. The summed E-state index contributed by atoms with van der Waals surface area (Å²) in [5, 5.41) is 14.8. The first-order chi connectivity index (χ1) is 10.1. The van der Waals surface area contributed by atoms with Gasteiger partial charge in [-0.15, -0.1) is 0 Å². The molecule has 2 rings (SSSR count). The van der Waals surface area contributed by atoms with Gasteiger partial charge >= 0.3 is 0 Å². The Hall–Kier alpha value is -1.61. The van der Waals surface area contributed by atoms with Gasteiger partial charge in [-0.05, 0) is 37.8 Å². The molecular weight excluding hydrogens is 260 g/mol. The van der Waals surface area contributed by atoms with Crippen molar-refractivity contribution >= 4 is 0 Å². The molecule has 1 atom stereocenters.